The van der Waals surface area contributed by atoms with Gasteiger partial charge in [0.05, 0.1) is 21.3 Å². The van der Waals surface area contributed by atoms with Crippen molar-refractivity contribution in [1.29, 1.82) is 0 Å². The molecule has 1 fully saturated rings. The van der Waals surface area contributed by atoms with Gasteiger partial charge in [0.15, 0.2) is 0 Å². The molecule has 2 aromatic heterocycles. The van der Waals surface area contributed by atoms with E-state index in [0.29, 0.717) is 23.2 Å². The van der Waals surface area contributed by atoms with Crippen LogP contribution in [0.2, 0.25) is 4.34 Å². The number of hydrogen-bond acceptors (Lipinski definition) is 6. The highest BCUT2D eigenvalue weighted by Crippen LogP contribution is 2.33. The summed E-state index contributed by atoms with van der Waals surface area (Å²) >= 11 is 8.78. The fourth-order valence-electron chi connectivity index (χ4n) is 2.52. The molecule has 0 aromatic carbocycles. The number of carboxylic acids is 1. The maximum absolute atomic E-state index is 12.3. The molecule has 3 rings (SSSR count). The van der Waals surface area contributed by atoms with Gasteiger partial charge < -0.3 is 15.2 Å². The van der Waals surface area contributed by atoms with Crippen LogP contribution in [0.15, 0.2) is 17.5 Å². The second-order valence-electron chi connectivity index (χ2n) is 5.47. The van der Waals surface area contributed by atoms with E-state index >= 15 is 0 Å². The van der Waals surface area contributed by atoms with Gasteiger partial charge in [0.1, 0.15) is 10.5 Å². The Hall–Kier alpha value is -1.48. The molecule has 0 radical (unpaired) electrons. The summed E-state index contributed by atoms with van der Waals surface area (Å²) in [6.07, 6.45) is 0.583. The van der Waals surface area contributed by atoms with Crippen LogP contribution in [-0.2, 0) is 20.7 Å². The average Bonchev–Trinajstić information content (AvgIpc) is 3.17. The molecule has 1 saturated heterocycles. The topological polar surface area (TPSA) is 88.5 Å². The van der Waals surface area contributed by atoms with Crippen molar-refractivity contribution in [3.05, 3.63) is 27.5 Å². The van der Waals surface area contributed by atoms with Gasteiger partial charge in [0.25, 0.3) is 0 Å². The highest BCUT2D eigenvalue weighted by atomic mass is 35.5. The summed E-state index contributed by atoms with van der Waals surface area (Å²) in [6, 6.07) is 3.69. The number of aliphatic carboxylic acids is 1. The van der Waals surface area contributed by atoms with Crippen LogP contribution < -0.4 is 5.32 Å². The lowest BCUT2D eigenvalue weighted by molar-refractivity contribution is -0.152. The van der Waals surface area contributed by atoms with Crippen LogP contribution in [0, 0.1) is 0 Å². The largest absolute Gasteiger partial charge is 0.480 e. The first-order valence-electron chi connectivity index (χ1n) is 7.31. The number of carbonyl (C=O) groups excluding carboxylic acids is 1. The number of nitrogens with one attached hydrogen (secondary N) is 1. The Kier molecular flexibility index (Phi) is 5.19. The van der Waals surface area contributed by atoms with Crippen molar-refractivity contribution >= 4 is 46.2 Å². The lowest BCUT2D eigenvalue weighted by atomic mass is 9.90. The van der Waals surface area contributed by atoms with Crippen molar-refractivity contribution in [3.63, 3.8) is 0 Å². The van der Waals surface area contributed by atoms with E-state index in [2.05, 4.69) is 10.3 Å². The highest BCUT2D eigenvalue weighted by Gasteiger charge is 2.41. The summed E-state index contributed by atoms with van der Waals surface area (Å²) in [7, 11) is 0. The highest BCUT2D eigenvalue weighted by molar-refractivity contribution is 7.23. The zero-order chi connectivity index (χ0) is 17.2. The molecular formula is C15H15ClN2O4S2. The molecule has 2 aromatic rings. The molecule has 9 heteroatoms. The number of carboxylic acid groups (broad SMARTS) is 1. The Labute approximate surface area is 151 Å². The van der Waals surface area contributed by atoms with Gasteiger partial charge in [0, 0.05) is 31.4 Å². The van der Waals surface area contributed by atoms with Gasteiger partial charge in [-0.2, -0.15) is 0 Å². The Morgan fingerprint density at radius 3 is 2.75 bits per heavy atom. The molecule has 128 valence electrons. The van der Waals surface area contributed by atoms with Gasteiger partial charge in [-0.05, 0) is 12.1 Å². The first-order chi connectivity index (χ1) is 11.5. The van der Waals surface area contributed by atoms with Crippen molar-refractivity contribution in [1.82, 2.24) is 10.3 Å². The number of thiophene rings is 1. The second kappa shape index (κ2) is 7.18. The predicted molar refractivity (Wildman–Crippen MR) is 92.7 cm³/mol. The van der Waals surface area contributed by atoms with E-state index < -0.39 is 11.5 Å². The maximum Gasteiger partial charge on any atom is 0.329 e. The van der Waals surface area contributed by atoms with Crippen molar-refractivity contribution in [2.45, 2.75) is 24.8 Å². The van der Waals surface area contributed by atoms with Crippen LogP contribution in [0.5, 0.6) is 0 Å². The van der Waals surface area contributed by atoms with E-state index in [1.54, 1.807) is 11.4 Å². The Morgan fingerprint density at radius 1 is 1.38 bits per heavy atom. The van der Waals surface area contributed by atoms with Crippen molar-refractivity contribution in [2.24, 2.45) is 0 Å². The minimum absolute atomic E-state index is 0.0471. The third-order valence-corrected chi connectivity index (χ3v) is 6.10. The van der Waals surface area contributed by atoms with Crippen molar-refractivity contribution in [2.75, 3.05) is 13.2 Å². The fraction of sp³-hybridized carbons (Fsp3) is 0.400. The average molecular weight is 387 g/mol. The monoisotopic (exact) mass is 386 g/mol. The molecule has 0 unspecified atom stereocenters. The number of hydrogen-bond donors (Lipinski definition) is 2. The predicted octanol–water partition coefficient (Wildman–Crippen LogP) is 2.82. The maximum atomic E-state index is 12.3. The van der Waals surface area contributed by atoms with E-state index in [0.717, 1.165) is 9.88 Å². The lowest BCUT2D eigenvalue weighted by Gasteiger charge is -2.33. The normalized spacial score (nSPS) is 16.7. The van der Waals surface area contributed by atoms with Crippen LogP contribution in [0.3, 0.4) is 0 Å². The first kappa shape index (κ1) is 17.3. The molecule has 1 aliphatic rings. The van der Waals surface area contributed by atoms with Crippen molar-refractivity contribution in [3.8, 4) is 9.88 Å². The number of aromatic nitrogens is 1. The molecule has 0 aliphatic carbocycles. The van der Waals surface area contributed by atoms with Crippen LogP contribution >= 0.6 is 34.3 Å². The third kappa shape index (κ3) is 3.77. The molecule has 1 amide bonds. The van der Waals surface area contributed by atoms with Gasteiger partial charge >= 0.3 is 5.97 Å². The number of halogens is 1. The van der Waals surface area contributed by atoms with Gasteiger partial charge in [0.2, 0.25) is 5.91 Å². The fourth-order valence-corrected chi connectivity index (χ4v) is 4.45. The number of ether oxygens (including phenoxy) is 1. The summed E-state index contributed by atoms with van der Waals surface area (Å²) in [5.74, 6) is -1.37. The smallest absolute Gasteiger partial charge is 0.329 e. The molecule has 6 nitrogen and oxygen atoms in total. The van der Waals surface area contributed by atoms with E-state index in [4.69, 9.17) is 16.3 Å². The molecule has 24 heavy (non-hydrogen) atoms. The molecule has 1 aliphatic heterocycles. The van der Waals surface area contributed by atoms with E-state index in [9.17, 15) is 14.7 Å². The van der Waals surface area contributed by atoms with E-state index in [1.165, 1.54) is 22.7 Å². The molecular weight excluding hydrogens is 372 g/mol. The summed E-state index contributed by atoms with van der Waals surface area (Å²) in [5, 5.41) is 14.7. The number of amides is 1. The lowest BCUT2D eigenvalue weighted by Crippen LogP contribution is -2.57. The number of rotatable bonds is 5. The summed E-state index contributed by atoms with van der Waals surface area (Å²) < 4.78 is 5.88. The van der Waals surface area contributed by atoms with E-state index in [-0.39, 0.29) is 25.2 Å². The zero-order valence-corrected chi connectivity index (χ0v) is 15.0. The molecule has 0 saturated carbocycles. The quantitative estimate of drug-likeness (QED) is 0.824. The van der Waals surface area contributed by atoms with Crippen LogP contribution in [0.1, 0.15) is 18.5 Å². The number of thiazole rings is 1. The standard InChI is InChI=1S/C15H15ClN2O4S2/c16-11-2-1-10(24-11)13-17-9(8-23-13)7-12(19)18-15(14(20)21)3-5-22-6-4-15/h1-2,8H,3-7H2,(H,18,19)(H,20,21). The Morgan fingerprint density at radius 2 is 2.12 bits per heavy atom. The third-order valence-electron chi connectivity index (χ3n) is 3.81. The zero-order valence-electron chi connectivity index (χ0n) is 12.6. The van der Waals surface area contributed by atoms with Gasteiger partial charge in [-0.3, -0.25) is 4.79 Å². The van der Waals surface area contributed by atoms with Gasteiger partial charge in [-0.15, -0.1) is 22.7 Å². The van der Waals surface area contributed by atoms with Gasteiger partial charge in [-0.25, -0.2) is 9.78 Å². The summed E-state index contributed by atoms with van der Waals surface area (Å²) in [6.45, 7) is 0.652. The molecule has 0 atom stereocenters. The molecule has 2 N–H and O–H groups in total. The Balaban J connectivity index is 1.66. The number of nitrogens with zero attached hydrogens (tertiary/aromatic N) is 1. The second-order valence-corrected chi connectivity index (χ2v) is 8.05. The van der Waals surface area contributed by atoms with Gasteiger partial charge in [-0.1, -0.05) is 11.6 Å². The molecule has 0 spiro atoms. The van der Waals surface area contributed by atoms with Crippen molar-refractivity contribution < 1.29 is 19.4 Å². The van der Waals surface area contributed by atoms with Crippen LogP contribution in [0.25, 0.3) is 9.88 Å². The summed E-state index contributed by atoms with van der Waals surface area (Å²) in [4.78, 5) is 29.2. The Bertz CT molecular complexity index is 752. The number of carbonyl (C=O) groups is 2. The molecule has 0 bridgehead atoms. The SMILES string of the molecule is O=C(Cc1csc(-c2ccc(Cl)s2)n1)NC1(C(=O)O)CCOCC1. The van der Waals surface area contributed by atoms with Crippen LogP contribution in [-0.4, -0.2) is 40.7 Å². The summed E-state index contributed by atoms with van der Waals surface area (Å²) in [5.41, 5.74) is -0.625. The minimum atomic E-state index is -1.24. The molecule has 3 heterocycles. The van der Waals surface area contributed by atoms with Crippen LogP contribution in [0.4, 0.5) is 0 Å². The first-order valence-corrected chi connectivity index (χ1v) is 9.38. The minimum Gasteiger partial charge on any atom is -0.480 e. The van der Waals surface area contributed by atoms with E-state index in [1.807, 2.05) is 6.07 Å².